The molecule has 21 heteroatoms. The molecule has 0 bridgehead atoms. The number of phosphoric acid groups is 1. The van der Waals surface area contributed by atoms with Crippen LogP contribution < -0.4 is 27.0 Å². The van der Waals surface area contributed by atoms with Crippen molar-refractivity contribution in [1.29, 1.82) is 5.26 Å². The molecule has 0 aromatic heterocycles. The van der Waals surface area contributed by atoms with Crippen molar-refractivity contribution < 1.29 is 66.2 Å². The second-order valence-corrected chi connectivity index (χ2v) is 24.8. The predicted molar refractivity (Wildman–Crippen MR) is 301 cm³/mol. The summed E-state index contributed by atoms with van der Waals surface area (Å²) in [5, 5.41) is 32.3. The van der Waals surface area contributed by atoms with E-state index in [0.717, 1.165) is 34.2 Å². The number of benzene rings is 3. The fraction of sp³-hybridized carbons (Fsp3) is 0.525. The minimum absolute atomic E-state index is 0.0274. The van der Waals surface area contributed by atoms with Gasteiger partial charge in [0.2, 0.25) is 11.8 Å². The molecule has 2 unspecified atom stereocenters. The Hall–Kier alpha value is -6.56. The first-order chi connectivity index (χ1) is 39.2. The number of nitriles is 1. The first-order valence-electron chi connectivity index (χ1n) is 28.5. The van der Waals surface area contributed by atoms with Crippen LogP contribution in [0.3, 0.4) is 0 Å². The van der Waals surface area contributed by atoms with E-state index >= 15 is 4.79 Å². The molecule has 438 valence electrons. The average Bonchev–Trinajstić information content (AvgIpc) is 2.49. The van der Waals surface area contributed by atoms with Gasteiger partial charge >= 0.3 is 19.9 Å². The van der Waals surface area contributed by atoms with Crippen LogP contribution in [0, 0.1) is 45.8 Å². The molecule has 5 amide bonds. The number of Topliss-reactive ketones (excluding diaryl/α,β-unsaturated/α-hetero) is 1. The van der Waals surface area contributed by atoms with Gasteiger partial charge in [-0.15, -0.1) is 0 Å². The molecule has 3 aromatic carbocycles. The zero-order valence-corrected chi connectivity index (χ0v) is 48.0. The molecule has 4 fully saturated rings. The molecule has 20 nitrogen and oxygen atoms in total. The van der Waals surface area contributed by atoms with Crippen LogP contribution in [-0.2, 0) is 58.1 Å². The number of fused-ring (bicyclic) bond motifs is 10. The summed E-state index contributed by atoms with van der Waals surface area (Å²) >= 11 is 0. The van der Waals surface area contributed by atoms with Crippen molar-refractivity contribution in [2.75, 3.05) is 31.7 Å². The molecule has 9 rings (SSSR count). The summed E-state index contributed by atoms with van der Waals surface area (Å²) in [5.41, 5.74) is 8.21. The van der Waals surface area contributed by atoms with E-state index in [1.165, 1.54) is 0 Å². The normalized spacial score (nSPS) is 28.1. The van der Waals surface area contributed by atoms with Gasteiger partial charge in [-0.3, -0.25) is 32.7 Å². The molecule has 82 heavy (non-hydrogen) atoms. The molecule has 3 saturated carbocycles. The Labute approximate surface area is 478 Å². The molecule has 1 aliphatic heterocycles. The van der Waals surface area contributed by atoms with E-state index in [0.29, 0.717) is 36.9 Å². The number of hydrogen-bond acceptors (Lipinski definition) is 15. The van der Waals surface area contributed by atoms with Gasteiger partial charge in [0.25, 0.3) is 0 Å². The zero-order valence-electron chi connectivity index (χ0n) is 47.1. The summed E-state index contributed by atoms with van der Waals surface area (Å²) in [7, 11) is -4.58. The first-order valence-corrected chi connectivity index (χ1v) is 29.9. The van der Waals surface area contributed by atoms with Crippen molar-refractivity contribution in [2.45, 2.75) is 141 Å². The largest absolute Gasteiger partial charge is 0.475 e. The van der Waals surface area contributed by atoms with Crippen molar-refractivity contribution in [2.24, 2.45) is 40.2 Å². The number of carbonyl (C=O) groups excluding carboxylic acids is 6. The molecule has 0 radical (unpaired) electrons. The highest BCUT2D eigenvalue weighted by molar-refractivity contribution is 7.48. The van der Waals surface area contributed by atoms with Crippen molar-refractivity contribution >= 4 is 49.0 Å². The van der Waals surface area contributed by atoms with Crippen molar-refractivity contribution in [3.63, 3.8) is 0 Å². The Morgan fingerprint density at radius 2 is 1.66 bits per heavy atom. The molecule has 1 saturated heterocycles. The van der Waals surface area contributed by atoms with Gasteiger partial charge in [0.15, 0.2) is 23.5 Å². The predicted octanol–water partition coefficient (Wildman–Crippen LogP) is 8.43. The maximum Gasteiger partial charge on any atom is 0.475 e. The van der Waals surface area contributed by atoms with Crippen LogP contribution in [0.4, 0.5) is 15.3 Å². The Balaban J connectivity index is 0.836. The van der Waals surface area contributed by atoms with E-state index < -0.39 is 97.1 Å². The average molecular weight is 1150 g/mol. The third-order valence-electron chi connectivity index (χ3n) is 17.8. The number of amides is 5. The standard InChI is InChI=1S/C61H75N6O14P/c1-6-13-52-80-51-31-47-45-24-21-38-30-40(68)25-26-59(38,4)53(45)49(69)32-60(47,5)61(51,81-52)50(70)35-79-82(75,77-29-12-27-62)78-33-37-19-22-39(23-20-37)65-55(71)48(18-11-28-64-57(63)73)66-56(72)54(36(2)3)67-58(74)76-34-46-43-16-9-7-14-41(43)42-15-8-10-17-44(42)46/h7-10,14-17,19-20,22-23,25-26,30,36,45-49,51-54,69H,6,11-13,18,21,24,28-29,31-35H2,1-5H3,(H,65,71)(H,66,72)(H,67,74)(H3,63,64,73)/t45-,47-,48-,49-,51+,52?,53+,54-,59-,60-,61+,82?/m0/s1. The number of anilines is 1. The van der Waals surface area contributed by atoms with E-state index in [-0.39, 0.29) is 81.5 Å². The van der Waals surface area contributed by atoms with Gasteiger partial charge in [-0.1, -0.05) is 113 Å². The molecule has 5 aliphatic carbocycles. The van der Waals surface area contributed by atoms with Gasteiger partial charge in [-0.2, -0.15) is 5.26 Å². The number of phosphoric ester groups is 1. The molecule has 7 N–H and O–H groups in total. The number of urea groups is 1. The van der Waals surface area contributed by atoms with Crippen LogP contribution in [0.5, 0.6) is 0 Å². The second-order valence-electron chi connectivity index (χ2n) is 23.2. The zero-order chi connectivity index (χ0) is 58.6. The lowest BCUT2D eigenvalue weighted by Crippen LogP contribution is -2.63. The Morgan fingerprint density at radius 3 is 2.33 bits per heavy atom. The highest BCUT2D eigenvalue weighted by Crippen LogP contribution is 2.70. The molecular weight excluding hydrogens is 1070 g/mol. The van der Waals surface area contributed by atoms with Crippen LogP contribution in [0.2, 0.25) is 0 Å². The van der Waals surface area contributed by atoms with Crippen LogP contribution in [-0.4, -0.2) is 103 Å². The highest BCUT2D eigenvalue weighted by atomic mass is 31.2. The first kappa shape index (κ1) is 60.0. The summed E-state index contributed by atoms with van der Waals surface area (Å²) in [6.07, 6.45) is 5.65. The number of primary amides is 1. The lowest BCUT2D eigenvalue weighted by Gasteiger charge is -2.59. The Morgan fingerprint density at radius 1 is 0.951 bits per heavy atom. The van der Waals surface area contributed by atoms with E-state index in [4.69, 9.17) is 33.5 Å². The number of nitrogens with zero attached hydrogens (tertiary/aromatic N) is 1. The summed E-state index contributed by atoms with van der Waals surface area (Å²) in [6, 6.07) is 21.1. The molecule has 3 aromatic rings. The monoisotopic (exact) mass is 1150 g/mol. The van der Waals surface area contributed by atoms with Crippen molar-refractivity contribution in [3.8, 4) is 17.2 Å². The number of nitrogens with two attached hydrogens (primary N) is 1. The van der Waals surface area contributed by atoms with Gasteiger partial charge in [0.05, 0.1) is 37.9 Å². The molecule has 1 heterocycles. The number of nitrogens with one attached hydrogen (secondary N) is 4. The lowest BCUT2D eigenvalue weighted by atomic mass is 9.46. The van der Waals surface area contributed by atoms with Gasteiger partial charge in [-0.25, -0.2) is 14.2 Å². The minimum Gasteiger partial charge on any atom is -0.449 e. The number of allylic oxidation sites excluding steroid dienone is 4. The maximum atomic E-state index is 15.0. The Kier molecular flexibility index (Phi) is 18.4. The topological polar surface area (TPSA) is 293 Å². The SMILES string of the molecule is CCCC1O[C@@H]2C[C@H]3[C@@H]4CCC5=CC(=O)C=C[C@]5(C)[C@H]4[C@@H](O)C[C@]3(C)[C@]2(C(=O)COP(=O)(OCCC#N)OCc2ccc(NC(=O)[C@H](CCCNC(N)=O)NC(=O)[C@@H](NC(=O)OCC3c4ccccc4-c4ccccc43)C(C)C)cc2)O1. The van der Waals surface area contributed by atoms with Crippen LogP contribution >= 0.6 is 7.82 Å². The number of aliphatic hydroxyl groups is 1. The van der Waals surface area contributed by atoms with Gasteiger partial charge in [0.1, 0.15) is 25.3 Å². The highest BCUT2D eigenvalue weighted by Gasteiger charge is 2.76. The minimum atomic E-state index is -4.58. The van der Waals surface area contributed by atoms with E-state index in [9.17, 15) is 38.9 Å². The fourth-order valence-electron chi connectivity index (χ4n) is 14.0. The number of ether oxygens (including phenoxy) is 3. The van der Waals surface area contributed by atoms with E-state index in [1.807, 2.05) is 74.5 Å². The quantitative estimate of drug-likeness (QED) is 0.0362. The third kappa shape index (κ3) is 12.1. The number of carbonyl (C=O) groups is 6. The van der Waals surface area contributed by atoms with Crippen LogP contribution in [0.15, 0.2) is 96.6 Å². The maximum absolute atomic E-state index is 15.0. The molecule has 12 atom stereocenters. The van der Waals surface area contributed by atoms with E-state index in [2.05, 4.69) is 28.2 Å². The second kappa shape index (κ2) is 25.1. The summed E-state index contributed by atoms with van der Waals surface area (Å²) < 4.78 is 50.8. The van der Waals surface area contributed by atoms with E-state index in [1.54, 1.807) is 50.3 Å². The molecule has 0 spiro atoms. The number of alkyl carbamates (subject to hydrolysis) is 1. The van der Waals surface area contributed by atoms with Gasteiger partial charge < -0.3 is 46.3 Å². The number of aliphatic hydroxyl groups excluding tert-OH is 1. The summed E-state index contributed by atoms with van der Waals surface area (Å²) in [6.45, 7) is 8.25. The Bertz CT molecular complexity index is 3030. The van der Waals surface area contributed by atoms with Gasteiger partial charge in [-0.05, 0) is 115 Å². The summed E-state index contributed by atoms with van der Waals surface area (Å²) in [5.74, 6) is -2.80. The lowest BCUT2D eigenvalue weighted by molar-refractivity contribution is -0.200. The third-order valence-corrected chi connectivity index (χ3v) is 19.2. The summed E-state index contributed by atoms with van der Waals surface area (Å²) in [4.78, 5) is 80.1. The smallest absolute Gasteiger partial charge is 0.449 e. The fourth-order valence-corrected chi connectivity index (χ4v) is 15.1. The molecular formula is C61H75N6O14P. The number of rotatable bonds is 24. The van der Waals surface area contributed by atoms with Crippen molar-refractivity contribution in [1.82, 2.24) is 16.0 Å². The number of ketones is 2. The van der Waals surface area contributed by atoms with Crippen LogP contribution in [0.1, 0.15) is 115 Å². The van der Waals surface area contributed by atoms with Crippen molar-refractivity contribution in [3.05, 3.63) is 113 Å². The van der Waals surface area contributed by atoms with Gasteiger partial charge in [0, 0.05) is 34.9 Å². The van der Waals surface area contributed by atoms with Crippen LogP contribution in [0.25, 0.3) is 11.1 Å². The number of hydrogen-bond donors (Lipinski definition) is 6. The molecule has 6 aliphatic rings.